The van der Waals surface area contributed by atoms with Crippen LogP contribution < -0.4 is 4.74 Å². The van der Waals surface area contributed by atoms with Crippen LogP contribution in [0.2, 0.25) is 0 Å². The first-order chi connectivity index (χ1) is 13.6. The number of nitrogens with zero attached hydrogens (tertiary/aromatic N) is 3. The van der Waals surface area contributed by atoms with Gasteiger partial charge in [0.05, 0.1) is 0 Å². The Hall–Kier alpha value is -2.83. The molecule has 150 valence electrons. The molecule has 0 unspecified atom stereocenters. The van der Waals surface area contributed by atoms with Crippen LogP contribution >= 0.6 is 0 Å². The van der Waals surface area contributed by atoms with Gasteiger partial charge in [-0.1, -0.05) is 24.8 Å². The molecule has 2 aliphatic rings. The van der Waals surface area contributed by atoms with Gasteiger partial charge in [0.1, 0.15) is 5.75 Å². The highest BCUT2D eigenvalue weighted by atomic mass is 16.6. The molecular formula is C21H27N3O4. The number of hydrogen-bond acceptors (Lipinski definition) is 4. The number of carbonyl (C=O) groups is 3. The van der Waals surface area contributed by atoms with Crippen LogP contribution in [-0.4, -0.2) is 71.9 Å². The fraction of sp³-hybridized carbons (Fsp3) is 0.476. The maximum absolute atomic E-state index is 12.9. The summed E-state index contributed by atoms with van der Waals surface area (Å²) in [5, 5.41) is 0. The molecule has 2 heterocycles. The summed E-state index contributed by atoms with van der Waals surface area (Å²) in [6, 6.07) is 8.99. The Balaban J connectivity index is 1.49. The average molecular weight is 385 g/mol. The summed E-state index contributed by atoms with van der Waals surface area (Å²) in [7, 11) is 0. The molecule has 2 aliphatic heterocycles. The average Bonchev–Trinajstić information content (AvgIpc) is 3.00. The lowest BCUT2D eigenvalue weighted by Crippen LogP contribution is -2.45. The highest BCUT2D eigenvalue weighted by Gasteiger charge is 2.31. The second-order valence-corrected chi connectivity index (χ2v) is 7.15. The molecule has 0 radical (unpaired) electrons. The molecule has 7 heteroatoms. The van der Waals surface area contributed by atoms with Crippen molar-refractivity contribution in [1.82, 2.24) is 14.7 Å². The molecule has 0 atom stereocenters. The number of hydrogen-bond donors (Lipinski definition) is 0. The molecule has 0 aromatic heterocycles. The van der Waals surface area contributed by atoms with Crippen molar-refractivity contribution in [3.8, 4) is 5.75 Å². The summed E-state index contributed by atoms with van der Waals surface area (Å²) in [4.78, 5) is 42.2. The van der Waals surface area contributed by atoms with Crippen molar-refractivity contribution < 1.29 is 19.1 Å². The van der Waals surface area contributed by atoms with Crippen LogP contribution in [0.3, 0.4) is 0 Å². The van der Waals surface area contributed by atoms with Crippen molar-refractivity contribution in [3.63, 3.8) is 0 Å². The van der Waals surface area contributed by atoms with Crippen LogP contribution in [-0.2, 0) is 9.59 Å². The minimum absolute atomic E-state index is 0.0586. The highest BCUT2D eigenvalue weighted by Crippen LogP contribution is 2.21. The van der Waals surface area contributed by atoms with E-state index in [4.69, 9.17) is 4.74 Å². The van der Waals surface area contributed by atoms with Crippen LogP contribution in [0.15, 0.2) is 43.0 Å². The smallest absolute Gasteiger partial charge is 0.410 e. The lowest BCUT2D eigenvalue weighted by molar-refractivity contribution is -0.139. The fourth-order valence-corrected chi connectivity index (χ4v) is 3.71. The topological polar surface area (TPSA) is 70.2 Å². The van der Waals surface area contributed by atoms with Gasteiger partial charge >= 0.3 is 6.09 Å². The number of rotatable bonds is 3. The standard InChI is InChI=1S/C21H27N3O4/c1-2-19(25)22-13-9-17(10-14-22)20(26)23-11-6-12-24(16-15-23)21(27)28-18-7-4-3-5-8-18/h2-5,7-8,17H,1,6,9-16H2. The fourth-order valence-electron chi connectivity index (χ4n) is 3.71. The highest BCUT2D eigenvalue weighted by molar-refractivity contribution is 5.87. The first-order valence-corrected chi connectivity index (χ1v) is 9.80. The second-order valence-electron chi connectivity index (χ2n) is 7.15. The van der Waals surface area contributed by atoms with E-state index in [-0.39, 0.29) is 23.8 Å². The van der Waals surface area contributed by atoms with Crippen LogP contribution in [0.5, 0.6) is 5.75 Å². The van der Waals surface area contributed by atoms with Gasteiger partial charge in [0.2, 0.25) is 11.8 Å². The van der Waals surface area contributed by atoms with Gasteiger partial charge in [-0.05, 0) is 37.5 Å². The Morgan fingerprint density at radius 2 is 1.54 bits per heavy atom. The predicted octanol–water partition coefficient (Wildman–Crippen LogP) is 2.14. The van der Waals surface area contributed by atoms with Gasteiger partial charge in [-0.3, -0.25) is 9.59 Å². The molecule has 2 saturated heterocycles. The summed E-state index contributed by atoms with van der Waals surface area (Å²) in [6.07, 6.45) is 3.02. The van der Waals surface area contributed by atoms with Crippen molar-refractivity contribution in [3.05, 3.63) is 43.0 Å². The van der Waals surface area contributed by atoms with Crippen molar-refractivity contribution >= 4 is 17.9 Å². The predicted molar refractivity (Wildman–Crippen MR) is 105 cm³/mol. The number of ether oxygens (including phenoxy) is 1. The van der Waals surface area contributed by atoms with Crippen molar-refractivity contribution in [2.75, 3.05) is 39.3 Å². The van der Waals surface area contributed by atoms with Gasteiger partial charge in [-0.25, -0.2) is 4.79 Å². The number of amides is 3. The van der Waals surface area contributed by atoms with E-state index in [0.29, 0.717) is 57.9 Å². The summed E-state index contributed by atoms with van der Waals surface area (Å²) < 4.78 is 5.40. The van der Waals surface area contributed by atoms with E-state index in [1.807, 2.05) is 23.1 Å². The molecule has 1 aromatic rings. The molecule has 0 saturated carbocycles. The molecule has 3 rings (SSSR count). The summed E-state index contributed by atoms with van der Waals surface area (Å²) in [5.74, 6) is 0.513. The van der Waals surface area contributed by atoms with Crippen molar-refractivity contribution in [1.29, 1.82) is 0 Å². The molecule has 28 heavy (non-hydrogen) atoms. The Labute approximate surface area is 165 Å². The van der Waals surface area contributed by atoms with E-state index in [1.165, 1.54) is 6.08 Å². The number of para-hydroxylation sites is 1. The molecule has 3 amide bonds. The Morgan fingerprint density at radius 1 is 0.893 bits per heavy atom. The molecule has 7 nitrogen and oxygen atoms in total. The number of benzene rings is 1. The lowest BCUT2D eigenvalue weighted by atomic mass is 9.95. The normalized spacial score (nSPS) is 18.4. The molecule has 0 spiro atoms. The van der Waals surface area contributed by atoms with Gasteiger partial charge in [0, 0.05) is 45.2 Å². The third kappa shape index (κ3) is 4.91. The summed E-state index contributed by atoms with van der Waals surface area (Å²) >= 11 is 0. The van der Waals surface area contributed by atoms with E-state index in [0.717, 1.165) is 6.42 Å². The Kier molecular flexibility index (Phi) is 6.68. The van der Waals surface area contributed by atoms with E-state index in [9.17, 15) is 14.4 Å². The Bertz CT molecular complexity index is 714. The first kappa shape index (κ1) is 19.9. The molecule has 1 aromatic carbocycles. The van der Waals surface area contributed by atoms with Crippen LogP contribution in [0, 0.1) is 5.92 Å². The third-order valence-electron chi connectivity index (χ3n) is 5.34. The van der Waals surface area contributed by atoms with Crippen LogP contribution in [0.4, 0.5) is 4.79 Å². The van der Waals surface area contributed by atoms with E-state index in [1.54, 1.807) is 21.9 Å². The number of likely N-dealkylation sites (tertiary alicyclic amines) is 1. The summed E-state index contributed by atoms with van der Waals surface area (Å²) in [5.41, 5.74) is 0. The quantitative estimate of drug-likeness (QED) is 0.748. The van der Waals surface area contributed by atoms with E-state index < -0.39 is 0 Å². The Morgan fingerprint density at radius 3 is 2.21 bits per heavy atom. The maximum Gasteiger partial charge on any atom is 0.415 e. The van der Waals surface area contributed by atoms with Gasteiger partial charge in [0.25, 0.3) is 0 Å². The number of piperidine rings is 1. The molecule has 0 N–H and O–H groups in total. The minimum Gasteiger partial charge on any atom is -0.410 e. The zero-order chi connectivity index (χ0) is 19.9. The second kappa shape index (κ2) is 9.39. The van der Waals surface area contributed by atoms with Crippen LogP contribution in [0.25, 0.3) is 0 Å². The third-order valence-corrected chi connectivity index (χ3v) is 5.34. The van der Waals surface area contributed by atoms with Gasteiger partial charge in [0.15, 0.2) is 0 Å². The zero-order valence-electron chi connectivity index (χ0n) is 16.1. The summed E-state index contributed by atoms with van der Waals surface area (Å²) in [6.45, 7) is 6.87. The minimum atomic E-state index is -0.378. The van der Waals surface area contributed by atoms with Gasteiger partial charge < -0.3 is 19.4 Å². The van der Waals surface area contributed by atoms with Crippen molar-refractivity contribution in [2.24, 2.45) is 5.92 Å². The first-order valence-electron chi connectivity index (χ1n) is 9.80. The SMILES string of the molecule is C=CC(=O)N1CCC(C(=O)N2CCCN(C(=O)Oc3ccccc3)CC2)CC1. The maximum atomic E-state index is 12.9. The van der Waals surface area contributed by atoms with E-state index >= 15 is 0 Å². The largest absolute Gasteiger partial charge is 0.415 e. The molecule has 0 bridgehead atoms. The van der Waals surface area contributed by atoms with Gasteiger partial charge in [-0.15, -0.1) is 0 Å². The lowest BCUT2D eigenvalue weighted by Gasteiger charge is -2.33. The monoisotopic (exact) mass is 385 g/mol. The van der Waals surface area contributed by atoms with Crippen molar-refractivity contribution in [2.45, 2.75) is 19.3 Å². The van der Waals surface area contributed by atoms with Gasteiger partial charge in [-0.2, -0.15) is 0 Å². The van der Waals surface area contributed by atoms with Crippen LogP contribution in [0.1, 0.15) is 19.3 Å². The molecular weight excluding hydrogens is 358 g/mol. The molecule has 0 aliphatic carbocycles. The number of carbonyl (C=O) groups excluding carboxylic acids is 3. The molecule has 2 fully saturated rings. The zero-order valence-corrected chi connectivity index (χ0v) is 16.1. The van der Waals surface area contributed by atoms with E-state index in [2.05, 4.69) is 6.58 Å².